The van der Waals surface area contributed by atoms with E-state index < -0.39 is 18.1 Å². The summed E-state index contributed by atoms with van der Waals surface area (Å²) in [5, 5.41) is 15.0. The predicted octanol–water partition coefficient (Wildman–Crippen LogP) is 6.66. The van der Waals surface area contributed by atoms with Crippen molar-refractivity contribution in [3.63, 3.8) is 0 Å². The smallest absolute Gasteiger partial charge is 0.337 e. The van der Waals surface area contributed by atoms with Gasteiger partial charge in [0.05, 0.1) is 33.4 Å². The molecule has 2 heterocycles. The number of ether oxygens (including phenoxy) is 1. The summed E-state index contributed by atoms with van der Waals surface area (Å²) in [5.41, 5.74) is 5.18. The summed E-state index contributed by atoms with van der Waals surface area (Å²) in [4.78, 5) is 16.3. The largest absolute Gasteiger partial charge is 0.465 e. The Morgan fingerprint density at radius 2 is 1.88 bits per heavy atom. The lowest BCUT2D eigenvalue weighted by atomic mass is 9.78. The quantitative estimate of drug-likeness (QED) is 0.293. The molecule has 0 saturated heterocycles. The molecule has 6 nitrogen and oxygen atoms in total. The lowest BCUT2D eigenvalue weighted by Gasteiger charge is -2.43. The number of aliphatic hydroxyl groups is 1. The summed E-state index contributed by atoms with van der Waals surface area (Å²) in [6.07, 6.45) is 4.86. The summed E-state index contributed by atoms with van der Waals surface area (Å²) < 4.78 is 18.8. The summed E-state index contributed by atoms with van der Waals surface area (Å²) in [5.74, 6) is -0.965. The number of nitrogens with one attached hydrogen (secondary N) is 1. The van der Waals surface area contributed by atoms with Crippen molar-refractivity contribution in [2.24, 2.45) is 5.92 Å². The van der Waals surface area contributed by atoms with Crippen LogP contribution in [0.25, 0.3) is 5.57 Å². The molecule has 0 amide bonds. The van der Waals surface area contributed by atoms with E-state index in [-0.39, 0.29) is 21.5 Å². The normalized spacial score (nSPS) is 21.8. The first-order valence-corrected chi connectivity index (χ1v) is 14.3. The first-order valence-electron chi connectivity index (χ1n) is 13.2. The van der Waals surface area contributed by atoms with E-state index in [1.807, 2.05) is 0 Å². The number of anilines is 1. The topological polar surface area (TPSA) is 65.0 Å². The molecule has 2 aromatic rings. The molecular weight excluding hydrogens is 576 g/mol. The van der Waals surface area contributed by atoms with Gasteiger partial charge in [-0.05, 0) is 68.2 Å². The summed E-state index contributed by atoms with van der Waals surface area (Å²) in [6, 6.07) is 7.81. The van der Waals surface area contributed by atoms with E-state index in [0.717, 1.165) is 36.4 Å². The molecule has 0 bridgehead atoms. The van der Waals surface area contributed by atoms with Crippen LogP contribution in [0.4, 0.5) is 10.1 Å². The van der Waals surface area contributed by atoms with Gasteiger partial charge in [-0.15, -0.1) is 0 Å². The van der Waals surface area contributed by atoms with Crippen molar-refractivity contribution in [2.75, 3.05) is 31.6 Å². The molecule has 2 N–H and O–H groups in total. The van der Waals surface area contributed by atoms with Crippen LogP contribution >= 0.6 is 34.8 Å². The summed E-state index contributed by atoms with van der Waals surface area (Å²) in [7, 11) is 1.28. The van der Waals surface area contributed by atoms with E-state index in [1.165, 1.54) is 36.9 Å². The molecule has 212 valence electrons. The van der Waals surface area contributed by atoms with Crippen LogP contribution < -0.4 is 10.2 Å². The molecule has 3 aliphatic rings. The van der Waals surface area contributed by atoms with Crippen LogP contribution in [-0.4, -0.2) is 55.1 Å². The van der Waals surface area contributed by atoms with Gasteiger partial charge in [-0.25, -0.2) is 9.18 Å². The van der Waals surface area contributed by atoms with Crippen LogP contribution in [0.3, 0.4) is 0 Å². The van der Waals surface area contributed by atoms with Gasteiger partial charge in [0.25, 0.3) is 0 Å². The second kappa shape index (κ2) is 11.8. The molecule has 40 heavy (non-hydrogen) atoms. The molecule has 2 atom stereocenters. The first-order chi connectivity index (χ1) is 19.1. The summed E-state index contributed by atoms with van der Waals surface area (Å²) in [6.45, 7) is 6.55. The molecule has 5 rings (SSSR count). The second-order valence-electron chi connectivity index (χ2n) is 10.5. The van der Waals surface area contributed by atoms with E-state index >= 15 is 0 Å². The average molecular weight is 607 g/mol. The minimum atomic E-state index is -1.13. The van der Waals surface area contributed by atoms with Crippen LogP contribution in [0.2, 0.25) is 15.1 Å². The third-order valence-electron chi connectivity index (χ3n) is 7.83. The number of nitrogens with zero attached hydrogens (tertiary/aromatic N) is 2. The van der Waals surface area contributed by atoms with Crippen LogP contribution in [0.5, 0.6) is 0 Å². The molecule has 0 spiro atoms. The third kappa shape index (κ3) is 5.56. The molecule has 0 radical (unpaired) electrons. The van der Waals surface area contributed by atoms with E-state index in [2.05, 4.69) is 36.2 Å². The van der Waals surface area contributed by atoms with Gasteiger partial charge in [0, 0.05) is 42.9 Å². The Labute approximate surface area is 248 Å². The van der Waals surface area contributed by atoms with Gasteiger partial charge in [0.15, 0.2) is 6.35 Å². The number of hydrogen-bond acceptors (Lipinski definition) is 6. The fraction of sp³-hybridized carbons (Fsp3) is 0.367. The van der Waals surface area contributed by atoms with Crippen molar-refractivity contribution in [3.8, 4) is 0 Å². The molecule has 1 aliphatic carbocycles. The molecule has 2 aromatic carbocycles. The highest BCUT2D eigenvalue weighted by molar-refractivity contribution is 6.40. The zero-order valence-electron chi connectivity index (χ0n) is 22.5. The molecule has 0 aromatic heterocycles. The van der Waals surface area contributed by atoms with Crippen molar-refractivity contribution in [2.45, 2.75) is 39.1 Å². The average Bonchev–Trinajstić information content (AvgIpc) is 2.92. The van der Waals surface area contributed by atoms with Crippen molar-refractivity contribution in [1.82, 2.24) is 10.2 Å². The van der Waals surface area contributed by atoms with Crippen LogP contribution in [0.1, 0.15) is 42.6 Å². The molecule has 0 fully saturated rings. The number of halogens is 4. The number of esters is 1. The minimum Gasteiger partial charge on any atom is -0.465 e. The molecular formula is C30H31Cl3FN3O3. The van der Waals surface area contributed by atoms with E-state index in [0.29, 0.717) is 35.3 Å². The number of methoxy groups -OCH3 is 1. The third-order valence-corrected chi connectivity index (χ3v) is 8.72. The van der Waals surface area contributed by atoms with Crippen LogP contribution in [0, 0.1) is 11.7 Å². The lowest BCUT2D eigenvalue weighted by molar-refractivity contribution is 0.0600. The fourth-order valence-corrected chi connectivity index (χ4v) is 6.65. The number of carbonyl (C=O) groups is 1. The Morgan fingerprint density at radius 1 is 1.15 bits per heavy atom. The maximum absolute atomic E-state index is 14.0. The van der Waals surface area contributed by atoms with Gasteiger partial charge >= 0.3 is 5.97 Å². The lowest BCUT2D eigenvalue weighted by Crippen LogP contribution is -2.51. The van der Waals surface area contributed by atoms with Gasteiger partial charge in [0.2, 0.25) is 0 Å². The van der Waals surface area contributed by atoms with Crippen molar-refractivity contribution in [3.05, 3.63) is 91.3 Å². The Bertz CT molecular complexity index is 1420. The van der Waals surface area contributed by atoms with Gasteiger partial charge in [-0.2, -0.15) is 0 Å². The van der Waals surface area contributed by atoms with Crippen LogP contribution in [0.15, 0.2) is 59.3 Å². The van der Waals surface area contributed by atoms with Gasteiger partial charge in [-0.1, -0.05) is 52.5 Å². The predicted molar refractivity (Wildman–Crippen MR) is 158 cm³/mol. The SMILES string of the molecule is COC(=O)c1cc(Cl)c(N2C3=C(CNC2O)C(c2ccc(F)cc2Cl)=CC(C2=CCN(C(C)C)CC2)C3)c(Cl)c1. The second-order valence-corrected chi connectivity index (χ2v) is 11.7. The van der Waals surface area contributed by atoms with Crippen LogP contribution in [-0.2, 0) is 4.74 Å². The Kier molecular flexibility index (Phi) is 8.62. The fourth-order valence-electron chi connectivity index (χ4n) is 5.71. The highest BCUT2D eigenvalue weighted by Crippen LogP contribution is 2.47. The van der Waals surface area contributed by atoms with Gasteiger partial charge < -0.3 is 14.7 Å². The van der Waals surface area contributed by atoms with Crippen molar-refractivity contribution >= 4 is 52.0 Å². The van der Waals surface area contributed by atoms with E-state index in [4.69, 9.17) is 39.5 Å². The van der Waals surface area contributed by atoms with E-state index in [9.17, 15) is 14.3 Å². The Balaban J connectivity index is 1.64. The first kappa shape index (κ1) is 29.1. The maximum Gasteiger partial charge on any atom is 0.337 e. The number of allylic oxidation sites excluding steroid dienone is 2. The molecule has 10 heteroatoms. The Morgan fingerprint density at radius 3 is 2.48 bits per heavy atom. The number of aliphatic hydroxyl groups excluding tert-OH is 1. The standard InChI is InChI=1S/C30H31Cl3FN3O3/c1-16(2)36-8-6-17(7-9-36)18-10-22(21-5-4-20(34)14-24(21)31)23-15-35-30(39)37(27(23)13-18)28-25(32)11-19(12-26(28)33)29(38)40-3/h4-6,10-12,14,16,18,30,35,39H,7-9,13,15H2,1-3H3. The van der Waals surface area contributed by atoms with Crippen molar-refractivity contribution in [1.29, 1.82) is 0 Å². The highest BCUT2D eigenvalue weighted by Gasteiger charge is 2.37. The molecule has 2 aliphatic heterocycles. The molecule has 0 saturated carbocycles. The zero-order chi connectivity index (χ0) is 28.7. The van der Waals surface area contributed by atoms with Crippen molar-refractivity contribution < 1.29 is 19.0 Å². The molecule has 2 unspecified atom stereocenters. The monoisotopic (exact) mass is 605 g/mol. The van der Waals surface area contributed by atoms with E-state index in [1.54, 1.807) is 11.0 Å². The summed E-state index contributed by atoms with van der Waals surface area (Å²) >= 11 is 20.0. The highest BCUT2D eigenvalue weighted by atomic mass is 35.5. The maximum atomic E-state index is 14.0. The van der Waals surface area contributed by atoms with Gasteiger partial charge in [-0.3, -0.25) is 10.2 Å². The Hall–Kier alpha value is -2.39. The van der Waals surface area contributed by atoms with Gasteiger partial charge in [0.1, 0.15) is 5.82 Å². The number of rotatable bonds is 5. The number of carbonyl (C=O) groups excluding carboxylic acids is 1. The number of hydrogen-bond donors (Lipinski definition) is 2. The zero-order valence-corrected chi connectivity index (χ0v) is 24.7. The minimum absolute atomic E-state index is 0.0175. The number of benzene rings is 2.